The highest BCUT2D eigenvalue weighted by atomic mass is 32.2. The van der Waals surface area contributed by atoms with Crippen molar-refractivity contribution in [2.24, 2.45) is 11.1 Å². The third-order valence-electron chi connectivity index (χ3n) is 5.16. The topological polar surface area (TPSA) is 92.5 Å². The lowest BCUT2D eigenvalue weighted by atomic mass is 9.90. The van der Waals surface area contributed by atoms with Crippen LogP contribution in [-0.4, -0.2) is 44.9 Å². The molecule has 3 rings (SSSR count). The molecule has 1 saturated heterocycles. The number of carbonyl (C=O) groups excluding carboxylic acids is 1. The highest BCUT2D eigenvalue weighted by Gasteiger charge is 2.34. The maximum Gasteiger partial charge on any atom is 0.240 e. The molecule has 1 aliphatic carbocycles. The van der Waals surface area contributed by atoms with Crippen molar-refractivity contribution >= 4 is 15.9 Å². The molecule has 6 nitrogen and oxygen atoms in total. The van der Waals surface area contributed by atoms with Crippen molar-refractivity contribution in [1.82, 2.24) is 9.62 Å². The van der Waals surface area contributed by atoms with Crippen LogP contribution in [-0.2, 0) is 21.2 Å². The van der Waals surface area contributed by atoms with Gasteiger partial charge in [0.05, 0.1) is 4.90 Å². The molecular weight excluding hydrogens is 338 g/mol. The van der Waals surface area contributed by atoms with Gasteiger partial charge < -0.3 is 10.6 Å². The molecule has 0 radical (unpaired) electrons. The highest BCUT2D eigenvalue weighted by molar-refractivity contribution is 7.89. The van der Waals surface area contributed by atoms with E-state index in [0.29, 0.717) is 19.4 Å². The van der Waals surface area contributed by atoms with E-state index in [1.165, 1.54) is 0 Å². The fourth-order valence-electron chi connectivity index (χ4n) is 3.14. The molecule has 0 bridgehead atoms. The third-order valence-corrected chi connectivity index (χ3v) is 6.70. The Hall–Kier alpha value is -1.44. The summed E-state index contributed by atoms with van der Waals surface area (Å²) in [6.07, 6.45) is 3.84. The Bertz CT molecular complexity index is 728. The molecule has 25 heavy (non-hydrogen) atoms. The number of nitrogens with two attached hydrogens (primary N) is 1. The van der Waals surface area contributed by atoms with E-state index >= 15 is 0 Å². The minimum atomic E-state index is -3.41. The van der Waals surface area contributed by atoms with Crippen molar-refractivity contribution in [2.45, 2.75) is 50.0 Å². The number of nitrogens with zero attached hydrogens (tertiary/aromatic N) is 1. The SMILES string of the molecule is CC1(CN)CCN(C(=O)CCc2ccc(S(=O)(=O)NC3CC3)cc2)C1. The molecule has 1 aromatic rings. The van der Waals surface area contributed by atoms with E-state index in [4.69, 9.17) is 5.73 Å². The van der Waals surface area contributed by atoms with Gasteiger partial charge in [-0.15, -0.1) is 0 Å². The van der Waals surface area contributed by atoms with E-state index in [1.54, 1.807) is 24.3 Å². The highest BCUT2D eigenvalue weighted by Crippen LogP contribution is 2.29. The molecular formula is C18H27N3O3S. The van der Waals surface area contributed by atoms with E-state index in [1.807, 2.05) is 4.90 Å². The smallest absolute Gasteiger partial charge is 0.240 e. The summed E-state index contributed by atoms with van der Waals surface area (Å²) in [7, 11) is -3.41. The summed E-state index contributed by atoms with van der Waals surface area (Å²) in [5.74, 6) is 0.143. The Balaban J connectivity index is 1.53. The lowest BCUT2D eigenvalue weighted by molar-refractivity contribution is -0.130. The van der Waals surface area contributed by atoms with Gasteiger partial charge >= 0.3 is 0 Å². The fraction of sp³-hybridized carbons (Fsp3) is 0.611. The summed E-state index contributed by atoms with van der Waals surface area (Å²) in [5.41, 5.74) is 6.80. The second-order valence-electron chi connectivity index (χ2n) is 7.62. The van der Waals surface area contributed by atoms with Crippen molar-refractivity contribution in [1.29, 1.82) is 0 Å². The maximum atomic E-state index is 12.4. The van der Waals surface area contributed by atoms with Gasteiger partial charge in [0.2, 0.25) is 15.9 Å². The largest absolute Gasteiger partial charge is 0.342 e. The van der Waals surface area contributed by atoms with Crippen LogP contribution in [0.1, 0.15) is 38.2 Å². The van der Waals surface area contributed by atoms with Gasteiger partial charge in [-0.2, -0.15) is 0 Å². The van der Waals surface area contributed by atoms with Crippen molar-refractivity contribution in [3.8, 4) is 0 Å². The number of nitrogens with one attached hydrogen (secondary N) is 1. The molecule has 1 aliphatic heterocycles. The van der Waals surface area contributed by atoms with Gasteiger partial charge in [0, 0.05) is 25.6 Å². The fourth-order valence-corrected chi connectivity index (χ4v) is 4.44. The zero-order valence-electron chi connectivity index (χ0n) is 14.7. The van der Waals surface area contributed by atoms with Crippen LogP contribution in [0.3, 0.4) is 0 Å². The molecule has 0 spiro atoms. The number of amides is 1. The third kappa shape index (κ3) is 4.59. The van der Waals surface area contributed by atoms with E-state index in [2.05, 4.69) is 11.6 Å². The number of aryl methyl sites for hydroxylation is 1. The van der Waals surface area contributed by atoms with Gasteiger partial charge in [0.1, 0.15) is 0 Å². The Morgan fingerprint density at radius 3 is 2.56 bits per heavy atom. The second-order valence-corrected chi connectivity index (χ2v) is 9.33. The zero-order valence-corrected chi connectivity index (χ0v) is 15.5. The number of carbonyl (C=O) groups is 1. The molecule has 0 aromatic heterocycles. The first-order chi connectivity index (χ1) is 11.8. The maximum absolute atomic E-state index is 12.4. The van der Waals surface area contributed by atoms with Gasteiger partial charge in [-0.1, -0.05) is 19.1 Å². The predicted octanol–water partition coefficient (Wildman–Crippen LogP) is 1.26. The van der Waals surface area contributed by atoms with Gasteiger partial charge in [-0.25, -0.2) is 13.1 Å². The minimum absolute atomic E-state index is 0.0419. The minimum Gasteiger partial charge on any atom is -0.342 e. The molecule has 1 saturated carbocycles. The average molecular weight is 365 g/mol. The summed E-state index contributed by atoms with van der Waals surface area (Å²) < 4.78 is 27.0. The summed E-state index contributed by atoms with van der Waals surface area (Å²) in [5, 5.41) is 0. The Kier molecular flexibility index (Phi) is 5.18. The first-order valence-corrected chi connectivity index (χ1v) is 10.4. The normalized spacial score (nSPS) is 23.8. The number of likely N-dealkylation sites (tertiary alicyclic amines) is 1. The standard InChI is InChI=1S/C18H27N3O3S/c1-18(12-19)10-11-21(13-18)17(22)9-4-14-2-7-16(8-3-14)25(23,24)20-15-5-6-15/h2-3,7-8,15,20H,4-6,9-13,19H2,1H3. The van der Waals surface area contributed by atoms with Gasteiger partial charge in [-0.05, 0) is 55.3 Å². The van der Waals surface area contributed by atoms with Crippen molar-refractivity contribution in [2.75, 3.05) is 19.6 Å². The van der Waals surface area contributed by atoms with Gasteiger partial charge in [0.25, 0.3) is 0 Å². The number of benzene rings is 1. The quantitative estimate of drug-likeness (QED) is 0.761. The second kappa shape index (κ2) is 7.05. The van der Waals surface area contributed by atoms with Crippen LogP contribution in [0, 0.1) is 5.41 Å². The molecule has 1 atom stereocenters. The summed E-state index contributed by atoms with van der Waals surface area (Å²) in [6.45, 7) is 4.22. The van der Waals surface area contributed by atoms with Crippen LogP contribution in [0.4, 0.5) is 0 Å². The average Bonchev–Trinajstić information content (AvgIpc) is 3.31. The molecule has 1 aromatic carbocycles. The molecule has 3 N–H and O–H groups in total. The Labute approximate surface area is 149 Å². The summed E-state index contributed by atoms with van der Waals surface area (Å²) in [6, 6.07) is 6.92. The van der Waals surface area contributed by atoms with Crippen LogP contribution in [0.15, 0.2) is 29.2 Å². The number of rotatable bonds is 7. The van der Waals surface area contributed by atoms with Crippen molar-refractivity contribution in [3.05, 3.63) is 29.8 Å². The molecule has 1 unspecified atom stereocenters. The first kappa shape index (κ1) is 18.4. The summed E-state index contributed by atoms with van der Waals surface area (Å²) in [4.78, 5) is 14.5. The monoisotopic (exact) mass is 365 g/mol. The van der Waals surface area contributed by atoms with Crippen molar-refractivity contribution < 1.29 is 13.2 Å². The van der Waals surface area contributed by atoms with E-state index in [0.717, 1.165) is 37.9 Å². The lowest BCUT2D eigenvalue weighted by Gasteiger charge is -2.22. The van der Waals surface area contributed by atoms with Crippen LogP contribution >= 0.6 is 0 Å². The van der Waals surface area contributed by atoms with Crippen LogP contribution < -0.4 is 10.5 Å². The lowest BCUT2D eigenvalue weighted by Crippen LogP contribution is -2.34. The van der Waals surface area contributed by atoms with Crippen LogP contribution in [0.5, 0.6) is 0 Å². The van der Waals surface area contributed by atoms with Crippen LogP contribution in [0.2, 0.25) is 0 Å². The first-order valence-electron chi connectivity index (χ1n) is 8.90. The van der Waals surface area contributed by atoms with E-state index < -0.39 is 10.0 Å². The molecule has 2 fully saturated rings. The molecule has 1 heterocycles. The number of sulfonamides is 1. The predicted molar refractivity (Wildman–Crippen MR) is 96.5 cm³/mol. The Morgan fingerprint density at radius 2 is 2.00 bits per heavy atom. The number of hydrogen-bond donors (Lipinski definition) is 2. The van der Waals surface area contributed by atoms with Gasteiger partial charge in [0.15, 0.2) is 0 Å². The Morgan fingerprint density at radius 1 is 1.32 bits per heavy atom. The molecule has 7 heteroatoms. The molecule has 138 valence electrons. The van der Waals surface area contributed by atoms with Gasteiger partial charge in [-0.3, -0.25) is 4.79 Å². The van der Waals surface area contributed by atoms with E-state index in [9.17, 15) is 13.2 Å². The number of hydrogen-bond acceptors (Lipinski definition) is 4. The van der Waals surface area contributed by atoms with Crippen LogP contribution in [0.25, 0.3) is 0 Å². The zero-order chi connectivity index (χ0) is 18.1. The summed E-state index contributed by atoms with van der Waals surface area (Å²) >= 11 is 0. The molecule has 2 aliphatic rings. The van der Waals surface area contributed by atoms with Crippen molar-refractivity contribution in [3.63, 3.8) is 0 Å². The van der Waals surface area contributed by atoms with E-state index in [-0.39, 0.29) is 22.3 Å². The molecule has 1 amide bonds.